The van der Waals surface area contributed by atoms with E-state index in [1.165, 1.54) is 19.3 Å². The monoisotopic (exact) mass is 198 g/mol. The number of hydrogen-bond acceptors (Lipinski definition) is 2. The Hall–Kier alpha value is -0.0800. The van der Waals surface area contributed by atoms with Crippen LogP contribution in [0.4, 0.5) is 0 Å². The minimum Gasteiger partial charge on any atom is -0.382 e. The quantitative estimate of drug-likeness (QED) is 0.646. The highest BCUT2D eigenvalue weighted by Crippen LogP contribution is 2.56. The summed E-state index contributed by atoms with van der Waals surface area (Å²) >= 11 is 0. The molecule has 0 aliphatic heterocycles. The van der Waals surface area contributed by atoms with Crippen molar-refractivity contribution in [1.82, 2.24) is 0 Å². The van der Waals surface area contributed by atoms with Crippen LogP contribution < -0.4 is 0 Å². The SMILES string of the molecule is COCCOC1C2CCC(C2)C1(C)C. The maximum atomic E-state index is 5.97. The lowest BCUT2D eigenvalue weighted by Crippen LogP contribution is -2.38. The Kier molecular flexibility index (Phi) is 2.85. The average Bonchev–Trinajstić information content (AvgIpc) is 2.67. The van der Waals surface area contributed by atoms with Crippen LogP contribution in [0.15, 0.2) is 0 Å². The topological polar surface area (TPSA) is 18.5 Å². The maximum absolute atomic E-state index is 5.97. The molecule has 2 saturated carbocycles. The van der Waals surface area contributed by atoms with Crippen LogP contribution in [-0.4, -0.2) is 26.4 Å². The van der Waals surface area contributed by atoms with E-state index in [9.17, 15) is 0 Å². The van der Waals surface area contributed by atoms with Crippen molar-refractivity contribution < 1.29 is 9.47 Å². The van der Waals surface area contributed by atoms with Crippen molar-refractivity contribution in [3.8, 4) is 0 Å². The Labute approximate surface area is 87.0 Å². The first-order valence-electron chi connectivity index (χ1n) is 5.76. The van der Waals surface area contributed by atoms with Crippen LogP contribution in [0.1, 0.15) is 33.1 Å². The fourth-order valence-corrected chi connectivity index (χ4v) is 3.42. The first kappa shape index (κ1) is 10.4. The molecule has 2 aliphatic rings. The first-order chi connectivity index (χ1) is 6.66. The summed E-state index contributed by atoms with van der Waals surface area (Å²) in [6.07, 6.45) is 4.68. The standard InChI is InChI=1S/C12H22O2/c1-12(2)10-5-4-9(8-10)11(12)14-7-6-13-3/h9-11H,4-8H2,1-3H3. The molecule has 0 aromatic carbocycles. The second kappa shape index (κ2) is 3.82. The van der Waals surface area contributed by atoms with Gasteiger partial charge in [0.2, 0.25) is 0 Å². The molecule has 0 heterocycles. The fraction of sp³-hybridized carbons (Fsp3) is 1.00. The molecule has 2 bridgehead atoms. The smallest absolute Gasteiger partial charge is 0.0704 e. The van der Waals surface area contributed by atoms with Crippen molar-refractivity contribution in [3.63, 3.8) is 0 Å². The molecular formula is C12H22O2. The molecule has 0 aromatic rings. The minimum absolute atomic E-state index is 0.399. The summed E-state index contributed by atoms with van der Waals surface area (Å²) in [4.78, 5) is 0. The van der Waals surface area contributed by atoms with Gasteiger partial charge in [0.1, 0.15) is 0 Å². The third kappa shape index (κ3) is 1.59. The lowest BCUT2D eigenvalue weighted by atomic mass is 9.74. The van der Waals surface area contributed by atoms with E-state index >= 15 is 0 Å². The third-order valence-electron chi connectivity index (χ3n) is 4.27. The number of rotatable bonds is 4. The molecule has 2 aliphatic carbocycles. The van der Waals surface area contributed by atoms with E-state index in [-0.39, 0.29) is 0 Å². The van der Waals surface area contributed by atoms with Crippen molar-refractivity contribution in [3.05, 3.63) is 0 Å². The molecule has 14 heavy (non-hydrogen) atoms. The predicted molar refractivity (Wildman–Crippen MR) is 56.2 cm³/mol. The van der Waals surface area contributed by atoms with Gasteiger partial charge in [-0.25, -0.2) is 0 Å². The molecule has 0 spiro atoms. The molecule has 3 atom stereocenters. The summed E-state index contributed by atoms with van der Waals surface area (Å²) in [6, 6.07) is 0. The van der Waals surface area contributed by atoms with Gasteiger partial charge in [0.25, 0.3) is 0 Å². The molecule has 0 amide bonds. The number of ether oxygens (including phenoxy) is 2. The van der Waals surface area contributed by atoms with E-state index in [0.29, 0.717) is 11.5 Å². The molecule has 2 rings (SSSR count). The normalized spacial score (nSPS) is 39.2. The van der Waals surface area contributed by atoms with Crippen molar-refractivity contribution in [2.75, 3.05) is 20.3 Å². The Morgan fingerprint density at radius 3 is 2.57 bits per heavy atom. The molecule has 0 N–H and O–H groups in total. The molecular weight excluding hydrogens is 176 g/mol. The summed E-state index contributed by atoms with van der Waals surface area (Å²) in [5, 5.41) is 0. The van der Waals surface area contributed by atoms with Crippen molar-refractivity contribution in [2.24, 2.45) is 17.3 Å². The number of fused-ring (bicyclic) bond motifs is 2. The zero-order chi connectivity index (χ0) is 10.2. The van der Waals surface area contributed by atoms with Gasteiger partial charge < -0.3 is 9.47 Å². The molecule has 3 unspecified atom stereocenters. The van der Waals surface area contributed by atoms with Gasteiger partial charge in [-0.05, 0) is 36.5 Å². The van der Waals surface area contributed by atoms with E-state index in [1.54, 1.807) is 7.11 Å². The number of hydrogen-bond donors (Lipinski definition) is 0. The molecule has 2 heteroatoms. The van der Waals surface area contributed by atoms with Crippen LogP contribution in [0.25, 0.3) is 0 Å². The van der Waals surface area contributed by atoms with Gasteiger partial charge in [0.15, 0.2) is 0 Å². The molecule has 82 valence electrons. The van der Waals surface area contributed by atoms with Gasteiger partial charge in [-0.2, -0.15) is 0 Å². The van der Waals surface area contributed by atoms with E-state index in [1.807, 2.05) is 0 Å². The minimum atomic E-state index is 0.399. The molecule has 0 radical (unpaired) electrons. The highest BCUT2D eigenvalue weighted by atomic mass is 16.5. The number of methoxy groups -OCH3 is 1. The zero-order valence-corrected chi connectivity index (χ0v) is 9.58. The van der Waals surface area contributed by atoms with E-state index in [2.05, 4.69) is 13.8 Å². The van der Waals surface area contributed by atoms with Gasteiger partial charge in [-0.3, -0.25) is 0 Å². The second-order valence-corrected chi connectivity index (χ2v) is 5.38. The zero-order valence-electron chi connectivity index (χ0n) is 9.58. The fourth-order valence-electron chi connectivity index (χ4n) is 3.42. The van der Waals surface area contributed by atoms with E-state index < -0.39 is 0 Å². The van der Waals surface area contributed by atoms with Crippen LogP contribution in [0.2, 0.25) is 0 Å². The van der Waals surface area contributed by atoms with Crippen molar-refractivity contribution in [2.45, 2.75) is 39.2 Å². The Balaban J connectivity index is 1.91. The Morgan fingerprint density at radius 1 is 1.21 bits per heavy atom. The first-order valence-corrected chi connectivity index (χ1v) is 5.76. The van der Waals surface area contributed by atoms with Gasteiger partial charge in [0.05, 0.1) is 19.3 Å². The van der Waals surface area contributed by atoms with E-state index in [0.717, 1.165) is 25.0 Å². The maximum Gasteiger partial charge on any atom is 0.0704 e. The summed E-state index contributed by atoms with van der Waals surface area (Å²) in [6.45, 7) is 6.22. The van der Waals surface area contributed by atoms with Gasteiger partial charge >= 0.3 is 0 Å². The molecule has 2 fully saturated rings. The highest BCUT2D eigenvalue weighted by Gasteiger charge is 2.53. The van der Waals surface area contributed by atoms with Crippen molar-refractivity contribution >= 4 is 0 Å². The lowest BCUT2D eigenvalue weighted by Gasteiger charge is -2.37. The van der Waals surface area contributed by atoms with Crippen LogP contribution in [-0.2, 0) is 9.47 Å². The van der Waals surface area contributed by atoms with Gasteiger partial charge in [0, 0.05) is 7.11 Å². The third-order valence-corrected chi connectivity index (χ3v) is 4.27. The van der Waals surface area contributed by atoms with Crippen LogP contribution in [0.5, 0.6) is 0 Å². The van der Waals surface area contributed by atoms with Gasteiger partial charge in [-0.1, -0.05) is 13.8 Å². The largest absolute Gasteiger partial charge is 0.382 e. The van der Waals surface area contributed by atoms with E-state index in [4.69, 9.17) is 9.47 Å². The summed E-state index contributed by atoms with van der Waals surface area (Å²) < 4.78 is 11.0. The van der Waals surface area contributed by atoms with Crippen LogP contribution >= 0.6 is 0 Å². The highest BCUT2D eigenvalue weighted by molar-refractivity contribution is 5.02. The summed E-state index contributed by atoms with van der Waals surface area (Å²) in [5.41, 5.74) is 0.399. The Bertz CT molecular complexity index is 200. The molecule has 2 nitrogen and oxygen atoms in total. The average molecular weight is 198 g/mol. The molecule has 0 aromatic heterocycles. The molecule has 0 saturated heterocycles. The predicted octanol–water partition coefficient (Wildman–Crippen LogP) is 2.47. The summed E-state index contributed by atoms with van der Waals surface area (Å²) in [5.74, 6) is 1.73. The van der Waals surface area contributed by atoms with Crippen molar-refractivity contribution in [1.29, 1.82) is 0 Å². The van der Waals surface area contributed by atoms with Crippen LogP contribution in [0.3, 0.4) is 0 Å². The Morgan fingerprint density at radius 2 is 2.00 bits per heavy atom. The summed E-state index contributed by atoms with van der Waals surface area (Å²) in [7, 11) is 1.73. The second-order valence-electron chi connectivity index (χ2n) is 5.38. The lowest BCUT2D eigenvalue weighted by molar-refractivity contribution is -0.0707. The van der Waals surface area contributed by atoms with Gasteiger partial charge in [-0.15, -0.1) is 0 Å². The van der Waals surface area contributed by atoms with Crippen LogP contribution in [0, 0.1) is 17.3 Å².